The monoisotopic (exact) mass is 132 g/mol. The molecule has 0 saturated carbocycles. The Morgan fingerprint density at radius 3 is 2.44 bits per heavy atom. The van der Waals surface area contributed by atoms with Gasteiger partial charge in [0.15, 0.2) is 0 Å². The maximum atomic E-state index is 5.21. The number of hydrogen-bond donors (Lipinski definition) is 4. The SMILES string of the molecule is CCNCCNC(N)N. The molecule has 0 aliphatic rings. The van der Waals surface area contributed by atoms with Gasteiger partial charge in [-0.3, -0.25) is 5.32 Å². The predicted octanol–water partition coefficient (Wildman–Crippen LogP) is -1.61. The molecule has 0 unspecified atom stereocenters. The highest BCUT2D eigenvalue weighted by Gasteiger charge is 1.88. The molecule has 4 heteroatoms. The van der Waals surface area contributed by atoms with Crippen LogP contribution in [0.5, 0.6) is 0 Å². The Kier molecular flexibility index (Phi) is 5.86. The third-order valence-electron chi connectivity index (χ3n) is 0.932. The molecule has 0 atom stereocenters. The van der Waals surface area contributed by atoms with E-state index in [1.165, 1.54) is 0 Å². The Morgan fingerprint density at radius 2 is 2.00 bits per heavy atom. The lowest BCUT2D eigenvalue weighted by Gasteiger charge is -2.07. The lowest BCUT2D eigenvalue weighted by molar-refractivity contribution is 0.529. The molecule has 0 aromatic carbocycles. The first-order chi connectivity index (χ1) is 4.27. The van der Waals surface area contributed by atoms with Crippen molar-refractivity contribution in [3.63, 3.8) is 0 Å². The highest BCUT2D eigenvalue weighted by molar-refractivity contribution is 4.51. The van der Waals surface area contributed by atoms with Crippen molar-refractivity contribution in [1.82, 2.24) is 10.6 Å². The zero-order valence-electron chi connectivity index (χ0n) is 5.85. The van der Waals surface area contributed by atoms with Gasteiger partial charge >= 0.3 is 0 Å². The second-order valence-electron chi connectivity index (χ2n) is 1.83. The number of nitrogens with one attached hydrogen (secondary N) is 2. The van der Waals surface area contributed by atoms with E-state index >= 15 is 0 Å². The van der Waals surface area contributed by atoms with Gasteiger partial charge in [0.2, 0.25) is 0 Å². The van der Waals surface area contributed by atoms with Crippen LogP contribution < -0.4 is 22.1 Å². The molecule has 0 fully saturated rings. The van der Waals surface area contributed by atoms with Crippen LogP contribution in [0.25, 0.3) is 0 Å². The van der Waals surface area contributed by atoms with Crippen molar-refractivity contribution < 1.29 is 0 Å². The van der Waals surface area contributed by atoms with E-state index in [1.54, 1.807) is 0 Å². The van der Waals surface area contributed by atoms with Crippen LogP contribution in [-0.4, -0.2) is 25.9 Å². The molecule has 0 aliphatic heterocycles. The second-order valence-corrected chi connectivity index (χ2v) is 1.83. The molecule has 0 rings (SSSR count). The largest absolute Gasteiger partial charge is 0.316 e. The average molecular weight is 132 g/mol. The molecule has 0 amide bonds. The van der Waals surface area contributed by atoms with E-state index in [0.29, 0.717) is 0 Å². The summed E-state index contributed by atoms with van der Waals surface area (Å²) in [6.45, 7) is 4.79. The zero-order valence-corrected chi connectivity index (χ0v) is 5.85. The summed E-state index contributed by atoms with van der Waals surface area (Å²) >= 11 is 0. The molecule has 56 valence electrons. The van der Waals surface area contributed by atoms with Gasteiger partial charge < -0.3 is 16.8 Å². The van der Waals surface area contributed by atoms with Gasteiger partial charge in [0.25, 0.3) is 0 Å². The summed E-state index contributed by atoms with van der Waals surface area (Å²) in [6, 6.07) is 0. The topological polar surface area (TPSA) is 76.1 Å². The van der Waals surface area contributed by atoms with Crippen molar-refractivity contribution in [2.75, 3.05) is 19.6 Å². The summed E-state index contributed by atoms with van der Waals surface area (Å²) in [7, 11) is 0. The molecule has 9 heavy (non-hydrogen) atoms. The molecule has 4 nitrogen and oxygen atoms in total. The van der Waals surface area contributed by atoms with E-state index in [-0.39, 0.29) is 6.29 Å². The molecular formula is C5H16N4. The Balaban J connectivity index is 2.75. The van der Waals surface area contributed by atoms with Crippen molar-refractivity contribution in [3.8, 4) is 0 Å². The lowest BCUT2D eigenvalue weighted by Crippen LogP contribution is -2.47. The van der Waals surface area contributed by atoms with Gasteiger partial charge in [0, 0.05) is 13.1 Å². The molecular weight excluding hydrogens is 116 g/mol. The summed E-state index contributed by atoms with van der Waals surface area (Å²) < 4.78 is 0. The van der Waals surface area contributed by atoms with Crippen LogP contribution in [0.1, 0.15) is 6.92 Å². The normalized spacial score (nSPS) is 10.7. The maximum absolute atomic E-state index is 5.21. The van der Waals surface area contributed by atoms with Crippen molar-refractivity contribution in [2.24, 2.45) is 11.5 Å². The van der Waals surface area contributed by atoms with Crippen LogP contribution in [0.15, 0.2) is 0 Å². The molecule has 0 aromatic rings. The molecule has 0 aliphatic carbocycles. The molecule has 0 saturated heterocycles. The van der Waals surface area contributed by atoms with Crippen LogP contribution in [0.2, 0.25) is 0 Å². The average Bonchev–Trinajstić information content (AvgIpc) is 1.80. The van der Waals surface area contributed by atoms with Gasteiger partial charge in [-0.1, -0.05) is 6.92 Å². The number of hydrogen-bond acceptors (Lipinski definition) is 4. The van der Waals surface area contributed by atoms with E-state index in [9.17, 15) is 0 Å². The summed E-state index contributed by atoms with van der Waals surface area (Å²) in [5, 5.41) is 6.00. The van der Waals surface area contributed by atoms with Crippen LogP contribution >= 0.6 is 0 Å². The summed E-state index contributed by atoms with van der Waals surface area (Å²) in [4.78, 5) is 0. The van der Waals surface area contributed by atoms with Crippen LogP contribution in [-0.2, 0) is 0 Å². The van der Waals surface area contributed by atoms with E-state index in [1.807, 2.05) is 0 Å². The van der Waals surface area contributed by atoms with Gasteiger partial charge in [0.1, 0.15) is 6.29 Å². The van der Waals surface area contributed by atoms with Crippen molar-refractivity contribution in [1.29, 1.82) is 0 Å². The molecule has 0 heterocycles. The van der Waals surface area contributed by atoms with Gasteiger partial charge in [-0.25, -0.2) is 0 Å². The predicted molar refractivity (Wildman–Crippen MR) is 38.7 cm³/mol. The maximum Gasteiger partial charge on any atom is 0.106 e. The minimum absolute atomic E-state index is 0.386. The Morgan fingerprint density at radius 1 is 1.33 bits per heavy atom. The molecule has 0 bridgehead atoms. The third-order valence-corrected chi connectivity index (χ3v) is 0.932. The molecule has 6 N–H and O–H groups in total. The van der Waals surface area contributed by atoms with E-state index < -0.39 is 0 Å². The second kappa shape index (κ2) is 5.97. The minimum atomic E-state index is -0.386. The van der Waals surface area contributed by atoms with Crippen molar-refractivity contribution in [3.05, 3.63) is 0 Å². The summed E-state index contributed by atoms with van der Waals surface area (Å²) in [5.74, 6) is 0. The van der Waals surface area contributed by atoms with Gasteiger partial charge in [-0.05, 0) is 6.54 Å². The van der Waals surface area contributed by atoms with E-state index in [0.717, 1.165) is 19.6 Å². The van der Waals surface area contributed by atoms with E-state index in [2.05, 4.69) is 17.6 Å². The summed E-state index contributed by atoms with van der Waals surface area (Å²) in [6.07, 6.45) is -0.386. The van der Waals surface area contributed by atoms with Crippen molar-refractivity contribution in [2.45, 2.75) is 13.2 Å². The number of nitrogens with two attached hydrogens (primary N) is 2. The Labute approximate surface area is 56.0 Å². The number of likely N-dealkylation sites (N-methyl/N-ethyl adjacent to an activating group) is 1. The molecule has 0 spiro atoms. The first-order valence-corrected chi connectivity index (χ1v) is 3.22. The Hall–Kier alpha value is -0.160. The highest BCUT2D eigenvalue weighted by Crippen LogP contribution is 1.57. The first kappa shape index (κ1) is 8.84. The molecule has 0 radical (unpaired) electrons. The van der Waals surface area contributed by atoms with Crippen LogP contribution in [0, 0.1) is 0 Å². The van der Waals surface area contributed by atoms with Gasteiger partial charge in [0.05, 0.1) is 0 Å². The fourth-order valence-corrected chi connectivity index (χ4v) is 0.504. The van der Waals surface area contributed by atoms with Crippen LogP contribution in [0.4, 0.5) is 0 Å². The standard InChI is InChI=1S/C5H16N4/c1-2-8-3-4-9-5(6)7/h5,8-9H,2-4,6-7H2,1H3. The fourth-order valence-electron chi connectivity index (χ4n) is 0.504. The quantitative estimate of drug-likeness (QED) is 0.268. The van der Waals surface area contributed by atoms with Crippen molar-refractivity contribution >= 4 is 0 Å². The minimum Gasteiger partial charge on any atom is -0.316 e. The van der Waals surface area contributed by atoms with Crippen LogP contribution in [0.3, 0.4) is 0 Å². The fraction of sp³-hybridized carbons (Fsp3) is 1.00. The van der Waals surface area contributed by atoms with Gasteiger partial charge in [-0.15, -0.1) is 0 Å². The smallest absolute Gasteiger partial charge is 0.106 e. The number of rotatable bonds is 5. The Bertz CT molecular complexity index is 54.9. The molecule has 0 aromatic heterocycles. The lowest BCUT2D eigenvalue weighted by atomic mass is 10.6. The van der Waals surface area contributed by atoms with Gasteiger partial charge in [-0.2, -0.15) is 0 Å². The third kappa shape index (κ3) is 7.84. The first-order valence-electron chi connectivity index (χ1n) is 3.22. The summed E-state index contributed by atoms with van der Waals surface area (Å²) in [5.41, 5.74) is 10.4. The highest BCUT2D eigenvalue weighted by atomic mass is 15.1. The zero-order chi connectivity index (χ0) is 7.11. The van der Waals surface area contributed by atoms with E-state index in [4.69, 9.17) is 11.5 Å².